The highest BCUT2D eigenvalue weighted by Gasteiger charge is 2.41. The molecule has 0 amide bonds. The number of rotatable bonds is 7. The Labute approximate surface area is 213 Å². The van der Waals surface area contributed by atoms with Gasteiger partial charge in [0.2, 0.25) is 17.2 Å². The highest BCUT2D eigenvalue weighted by molar-refractivity contribution is 7.17. The molecule has 4 aromatic heterocycles. The molecule has 10 nitrogen and oxygen atoms in total. The van der Waals surface area contributed by atoms with Crippen LogP contribution in [0.1, 0.15) is 39.2 Å². The van der Waals surface area contributed by atoms with Crippen molar-refractivity contribution in [3.8, 4) is 5.82 Å². The molecule has 184 valence electrons. The van der Waals surface area contributed by atoms with Crippen LogP contribution in [-0.2, 0) is 0 Å². The van der Waals surface area contributed by atoms with E-state index in [1.165, 1.54) is 16.0 Å². The van der Waals surface area contributed by atoms with Gasteiger partial charge in [-0.05, 0) is 74.5 Å². The lowest BCUT2D eigenvalue weighted by Crippen LogP contribution is -2.55. The summed E-state index contributed by atoms with van der Waals surface area (Å²) in [6.07, 6.45) is 4.08. The van der Waals surface area contributed by atoms with E-state index in [1.54, 1.807) is 6.20 Å². The Morgan fingerprint density at radius 1 is 1.23 bits per heavy atom. The Morgan fingerprint density at radius 2 is 2.03 bits per heavy atom. The Kier molecular flexibility index (Phi) is 6.24. The molecule has 0 spiro atoms. The molecular formula is C23H29ClN10S. The SMILES string of the molecule is CCN(CC)C1(C)CCCN1c1ccc(Nc2nc(N)n(-c3nc(Cl)nc4c(C)csc34)n2)cn1. The number of aryl methyl sites for hydroxylation is 1. The Morgan fingerprint density at radius 3 is 2.74 bits per heavy atom. The Balaban J connectivity index is 1.39. The number of thiophene rings is 1. The first kappa shape index (κ1) is 23.7. The predicted octanol–water partition coefficient (Wildman–Crippen LogP) is 4.61. The summed E-state index contributed by atoms with van der Waals surface area (Å²) in [6, 6.07) is 4.03. The van der Waals surface area contributed by atoms with Crippen LogP contribution >= 0.6 is 22.9 Å². The topological polar surface area (TPSA) is 114 Å². The van der Waals surface area contributed by atoms with Crippen LogP contribution in [0.25, 0.3) is 16.0 Å². The van der Waals surface area contributed by atoms with Crippen LogP contribution in [-0.4, -0.2) is 59.9 Å². The van der Waals surface area contributed by atoms with E-state index in [0.29, 0.717) is 11.8 Å². The normalized spacial score (nSPS) is 18.2. The van der Waals surface area contributed by atoms with Gasteiger partial charge < -0.3 is 16.0 Å². The third kappa shape index (κ3) is 4.17. The quantitative estimate of drug-likeness (QED) is 0.342. The number of hydrogen-bond donors (Lipinski definition) is 2. The molecule has 3 N–H and O–H groups in total. The van der Waals surface area contributed by atoms with Crippen molar-refractivity contribution in [3.05, 3.63) is 34.6 Å². The first-order valence-electron chi connectivity index (χ1n) is 11.7. The van der Waals surface area contributed by atoms with Crippen molar-refractivity contribution in [3.63, 3.8) is 0 Å². The number of aromatic nitrogens is 6. The minimum absolute atomic E-state index is 0.0233. The van der Waals surface area contributed by atoms with E-state index >= 15 is 0 Å². The van der Waals surface area contributed by atoms with Gasteiger partial charge in [0.1, 0.15) is 5.82 Å². The third-order valence-electron chi connectivity index (χ3n) is 6.72. The molecule has 35 heavy (non-hydrogen) atoms. The number of pyridine rings is 1. The van der Waals surface area contributed by atoms with Gasteiger partial charge in [-0.25, -0.2) is 9.97 Å². The maximum Gasteiger partial charge on any atom is 0.248 e. The maximum absolute atomic E-state index is 6.19. The first-order valence-corrected chi connectivity index (χ1v) is 13.0. The summed E-state index contributed by atoms with van der Waals surface area (Å²) in [7, 11) is 0. The average Bonchev–Trinajstić information content (AvgIpc) is 3.52. The second-order valence-corrected chi connectivity index (χ2v) is 10.0. The standard InChI is InChI=1S/C23H29ClN10S/c1-5-32(6-2)23(4)10-7-11-33(23)16-9-8-15(12-26-16)27-22-30-21(25)34(31-22)19-18-17(14(3)13-35-18)28-20(24)29-19/h8-9,12-13H,5-7,10-11H2,1-4H3,(H3,25,27,30,31). The van der Waals surface area contributed by atoms with Gasteiger partial charge >= 0.3 is 0 Å². The smallest absolute Gasteiger partial charge is 0.248 e. The van der Waals surface area contributed by atoms with E-state index in [0.717, 1.165) is 59.8 Å². The molecule has 1 unspecified atom stereocenters. The number of nitrogens with two attached hydrogens (primary N) is 1. The fourth-order valence-corrected chi connectivity index (χ4v) is 6.09. The fourth-order valence-electron chi connectivity index (χ4n) is 4.96. The second-order valence-electron chi connectivity index (χ2n) is 8.79. The highest BCUT2D eigenvalue weighted by atomic mass is 35.5. The van der Waals surface area contributed by atoms with Crippen LogP contribution in [0.2, 0.25) is 5.28 Å². The summed E-state index contributed by atoms with van der Waals surface area (Å²) in [5.74, 6) is 2.02. The molecule has 0 bridgehead atoms. The molecule has 1 saturated heterocycles. The molecule has 5 rings (SSSR count). The van der Waals surface area contributed by atoms with Gasteiger partial charge in [-0.15, -0.1) is 16.4 Å². The molecule has 1 aliphatic heterocycles. The molecule has 1 aliphatic rings. The van der Waals surface area contributed by atoms with E-state index in [4.69, 9.17) is 22.3 Å². The molecular weight excluding hydrogens is 484 g/mol. The molecule has 5 heterocycles. The van der Waals surface area contributed by atoms with Crippen molar-refractivity contribution in [1.82, 2.24) is 34.6 Å². The number of nitrogens with zero attached hydrogens (tertiary/aromatic N) is 8. The van der Waals surface area contributed by atoms with Crippen LogP contribution in [0.5, 0.6) is 0 Å². The molecule has 4 aromatic rings. The Bertz CT molecular complexity index is 1350. The number of halogens is 1. The fraction of sp³-hybridized carbons (Fsp3) is 0.435. The summed E-state index contributed by atoms with van der Waals surface area (Å²) >= 11 is 7.69. The molecule has 0 aromatic carbocycles. The van der Waals surface area contributed by atoms with Gasteiger partial charge in [0.25, 0.3) is 0 Å². The highest BCUT2D eigenvalue weighted by Crippen LogP contribution is 2.36. The third-order valence-corrected chi connectivity index (χ3v) is 7.97. The van der Waals surface area contributed by atoms with Crippen LogP contribution in [0.3, 0.4) is 0 Å². The number of nitrogens with one attached hydrogen (secondary N) is 1. The number of hydrogen-bond acceptors (Lipinski definition) is 10. The van der Waals surface area contributed by atoms with Gasteiger partial charge in [-0.3, -0.25) is 4.90 Å². The lowest BCUT2D eigenvalue weighted by atomic mass is 10.1. The lowest BCUT2D eigenvalue weighted by Gasteiger charge is -2.44. The molecule has 1 fully saturated rings. The summed E-state index contributed by atoms with van der Waals surface area (Å²) in [5, 5.41) is 9.87. The van der Waals surface area contributed by atoms with Gasteiger partial charge in [-0.1, -0.05) is 13.8 Å². The average molecular weight is 513 g/mol. The van der Waals surface area contributed by atoms with E-state index in [-0.39, 0.29) is 16.9 Å². The largest absolute Gasteiger partial charge is 0.368 e. The minimum atomic E-state index is -0.0233. The zero-order chi connectivity index (χ0) is 24.7. The van der Waals surface area contributed by atoms with Crippen molar-refractivity contribution < 1.29 is 0 Å². The summed E-state index contributed by atoms with van der Waals surface area (Å²) in [5.41, 5.74) is 8.74. The van der Waals surface area contributed by atoms with Crippen molar-refractivity contribution in [2.45, 2.75) is 46.2 Å². The predicted molar refractivity (Wildman–Crippen MR) is 142 cm³/mol. The van der Waals surface area contributed by atoms with Crippen molar-refractivity contribution in [2.24, 2.45) is 0 Å². The second kappa shape index (κ2) is 9.21. The van der Waals surface area contributed by atoms with Crippen molar-refractivity contribution >= 4 is 56.6 Å². The molecule has 0 radical (unpaired) electrons. The zero-order valence-corrected chi connectivity index (χ0v) is 21.9. The zero-order valence-electron chi connectivity index (χ0n) is 20.3. The van der Waals surface area contributed by atoms with Crippen molar-refractivity contribution in [2.75, 3.05) is 35.6 Å². The van der Waals surface area contributed by atoms with E-state index in [2.05, 4.69) is 55.9 Å². The Hall–Kier alpha value is -3.02. The van der Waals surface area contributed by atoms with Crippen LogP contribution in [0.15, 0.2) is 23.7 Å². The lowest BCUT2D eigenvalue weighted by molar-refractivity contribution is 0.125. The van der Waals surface area contributed by atoms with Gasteiger partial charge in [0.15, 0.2) is 5.82 Å². The van der Waals surface area contributed by atoms with Crippen LogP contribution in [0.4, 0.5) is 23.4 Å². The number of nitrogen functional groups attached to an aromatic ring is 1. The van der Waals surface area contributed by atoms with Gasteiger partial charge in [0, 0.05) is 6.54 Å². The number of anilines is 4. The molecule has 0 saturated carbocycles. The first-order chi connectivity index (χ1) is 16.8. The van der Waals surface area contributed by atoms with E-state index in [1.807, 2.05) is 24.4 Å². The maximum atomic E-state index is 6.19. The van der Waals surface area contributed by atoms with E-state index < -0.39 is 0 Å². The minimum Gasteiger partial charge on any atom is -0.368 e. The summed E-state index contributed by atoms with van der Waals surface area (Å²) in [6.45, 7) is 11.7. The summed E-state index contributed by atoms with van der Waals surface area (Å²) in [4.78, 5) is 22.7. The molecule has 0 aliphatic carbocycles. The van der Waals surface area contributed by atoms with Crippen LogP contribution < -0.4 is 16.0 Å². The monoisotopic (exact) mass is 512 g/mol. The molecule has 1 atom stereocenters. The molecule has 12 heteroatoms. The van der Waals surface area contributed by atoms with Crippen LogP contribution in [0, 0.1) is 6.92 Å². The van der Waals surface area contributed by atoms with Gasteiger partial charge in [-0.2, -0.15) is 14.6 Å². The van der Waals surface area contributed by atoms with Gasteiger partial charge in [0.05, 0.1) is 27.8 Å². The summed E-state index contributed by atoms with van der Waals surface area (Å²) < 4.78 is 2.33. The number of fused-ring (bicyclic) bond motifs is 1. The van der Waals surface area contributed by atoms with E-state index in [9.17, 15) is 0 Å². The van der Waals surface area contributed by atoms with Crippen molar-refractivity contribution in [1.29, 1.82) is 0 Å².